The first kappa shape index (κ1) is 19.0. The molecule has 1 amide bonds. The van der Waals surface area contributed by atoms with Gasteiger partial charge in [0.05, 0.1) is 5.75 Å². The predicted molar refractivity (Wildman–Crippen MR) is 108 cm³/mol. The number of thioether (sulfide) groups is 1. The lowest BCUT2D eigenvalue weighted by molar-refractivity contribution is -0.129. The van der Waals surface area contributed by atoms with E-state index in [-0.39, 0.29) is 11.5 Å². The van der Waals surface area contributed by atoms with Crippen LogP contribution in [-0.2, 0) is 10.5 Å². The number of rotatable bonds is 5. The molecule has 0 aliphatic heterocycles. The van der Waals surface area contributed by atoms with E-state index in [2.05, 4.69) is 13.0 Å². The lowest BCUT2D eigenvalue weighted by Crippen LogP contribution is -2.39. The molecular formula is C21H27NO3S. The number of aryl methyl sites for hydroxylation is 2. The van der Waals surface area contributed by atoms with Crippen molar-refractivity contribution < 1.29 is 9.21 Å². The zero-order valence-corrected chi connectivity index (χ0v) is 16.7. The van der Waals surface area contributed by atoms with Gasteiger partial charge in [-0.15, -0.1) is 11.8 Å². The standard InChI is InChI=1S/C21H27NO3S/c1-14-9-18-16(11-21(24)25-19(18)10-15(14)2)12-26-13-20(23)22(3)17-7-5-4-6-8-17/h9-11,17H,4-8,12-13H2,1-3H3. The van der Waals surface area contributed by atoms with Crippen molar-refractivity contribution >= 4 is 28.6 Å². The van der Waals surface area contributed by atoms with E-state index in [1.54, 1.807) is 17.8 Å². The van der Waals surface area contributed by atoms with E-state index in [0.717, 1.165) is 29.4 Å². The molecule has 0 saturated heterocycles. The topological polar surface area (TPSA) is 50.5 Å². The molecule has 1 heterocycles. The van der Waals surface area contributed by atoms with Crippen molar-refractivity contribution in [2.24, 2.45) is 0 Å². The maximum absolute atomic E-state index is 12.5. The van der Waals surface area contributed by atoms with Gasteiger partial charge in [0.15, 0.2) is 0 Å². The Morgan fingerprint density at radius 2 is 1.85 bits per heavy atom. The molecule has 0 spiro atoms. The number of amides is 1. The predicted octanol–water partition coefficient (Wildman–Crippen LogP) is 4.43. The Morgan fingerprint density at radius 3 is 2.58 bits per heavy atom. The average molecular weight is 374 g/mol. The number of carbonyl (C=O) groups is 1. The van der Waals surface area contributed by atoms with Crippen LogP contribution in [0.2, 0.25) is 0 Å². The smallest absolute Gasteiger partial charge is 0.336 e. The number of hydrogen-bond acceptors (Lipinski definition) is 4. The van der Waals surface area contributed by atoms with E-state index in [4.69, 9.17) is 4.42 Å². The number of fused-ring (bicyclic) bond motifs is 1. The summed E-state index contributed by atoms with van der Waals surface area (Å²) in [5, 5.41) is 0.966. The average Bonchev–Trinajstić information content (AvgIpc) is 2.63. The van der Waals surface area contributed by atoms with Crippen molar-refractivity contribution in [1.29, 1.82) is 0 Å². The monoisotopic (exact) mass is 373 g/mol. The first-order chi connectivity index (χ1) is 12.5. The summed E-state index contributed by atoms with van der Waals surface area (Å²) in [5.41, 5.74) is 3.52. The molecule has 2 aromatic rings. The van der Waals surface area contributed by atoms with Gasteiger partial charge in [-0.25, -0.2) is 4.79 Å². The lowest BCUT2D eigenvalue weighted by Gasteiger charge is -2.31. The molecule has 0 N–H and O–H groups in total. The normalized spacial score (nSPS) is 15.3. The van der Waals surface area contributed by atoms with Crippen molar-refractivity contribution in [2.45, 2.75) is 57.7 Å². The fourth-order valence-electron chi connectivity index (χ4n) is 3.62. The van der Waals surface area contributed by atoms with Crippen LogP contribution in [0, 0.1) is 13.8 Å². The van der Waals surface area contributed by atoms with E-state index in [0.29, 0.717) is 23.1 Å². The molecule has 5 heteroatoms. The van der Waals surface area contributed by atoms with Gasteiger partial charge in [-0.05, 0) is 55.5 Å². The summed E-state index contributed by atoms with van der Waals surface area (Å²) in [6.07, 6.45) is 5.97. The van der Waals surface area contributed by atoms with Crippen LogP contribution in [0.5, 0.6) is 0 Å². The molecule has 1 aliphatic carbocycles. The largest absolute Gasteiger partial charge is 0.423 e. The van der Waals surface area contributed by atoms with Gasteiger partial charge in [0.1, 0.15) is 5.58 Å². The molecule has 4 nitrogen and oxygen atoms in total. The Morgan fingerprint density at radius 1 is 1.15 bits per heavy atom. The number of benzene rings is 1. The molecule has 26 heavy (non-hydrogen) atoms. The molecular weight excluding hydrogens is 346 g/mol. The first-order valence-corrected chi connectivity index (χ1v) is 10.5. The van der Waals surface area contributed by atoms with Gasteiger partial charge in [0.25, 0.3) is 0 Å². The molecule has 0 atom stereocenters. The Labute approximate surface area is 158 Å². The maximum Gasteiger partial charge on any atom is 0.336 e. The second-order valence-corrected chi connectivity index (χ2v) is 8.30. The highest BCUT2D eigenvalue weighted by molar-refractivity contribution is 7.99. The van der Waals surface area contributed by atoms with E-state index >= 15 is 0 Å². The van der Waals surface area contributed by atoms with Crippen LogP contribution >= 0.6 is 11.8 Å². The fraction of sp³-hybridized carbons (Fsp3) is 0.524. The second-order valence-electron chi connectivity index (χ2n) is 7.31. The van der Waals surface area contributed by atoms with Crippen LogP contribution < -0.4 is 5.63 Å². The van der Waals surface area contributed by atoms with Gasteiger partial charge < -0.3 is 9.32 Å². The quantitative estimate of drug-likeness (QED) is 0.727. The SMILES string of the molecule is Cc1cc2oc(=O)cc(CSCC(=O)N(C)C3CCCCC3)c2cc1C. The number of hydrogen-bond donors (Lipinski definition) is 0. The summed E-state index contributed by atoms with van der Waals surface area (Å²) >= 11 is 1.57. The zero-order valence-electron chi connectivity index (χ0n) is 15.8. The Kier molecular flexibility index (Phi) is 6.07. The van der Waals surface area contributed by atoms with Gasteiger partial charge in [-0.2, -0.15) is 0 Å². The fourth-order valence-corrected chi connectivity index (χ4v) is 4.56. The highest BCUT2D eigenvalue weighted by Gasteiger charge is 2.21. The minimum Gasteiger partial charge on any atom is -0.423 e. The molecule has 0 bridgehead atoms. The van der Waals surface area contributed by atoms with Gasteiger partial charge in [0, 0.05) is 30.3 Å². The summed E-state index contributed by atoms with van der Waals surface area (Å²) in [6, 6.07) is 5.94. The molecule has 1 aromatic heterocycles. The van der Waals surface area contributed by atoms with Gasteiger partial charge in [0.2, 0.25) is 5.91 Å². The Hall–Kier alpha value is -1.75. The van der Waals surface area contributed by atoms with Gasteiger partial charge in [-0.1, -0.05) is 19.3 Å². The minimum absolute atomic E-state index is 0.182. The third-order valence-corrected chi connectivity index (χ3v) is 6.41. The summed E-state index contributed by atoms with van der Waals surface area (Å²) in [7, 11) is 1.93. The van der Waals surface area contributed by atoms with Crippen LogP contribution in [0.1, 0.15) is 48.8 Å². The highest BCUT2D eigenvalue weighted by Crippen LogP contribution is 2.26. The van der Waals surface area contributed by atoms with E-state index in [1.165, 1.54) is 24.8 Å². The summed E-state index contributed by atoms with van der Waals surface area (Å²) in [6.45, 7) is 4.06. The van der Waals surface area contributed by atoms with Crippen LogP contribution in [0.15, 0.2) is 27.4 Å². The maximum atomic E-state index is 12.5. The summed E-state index contributed by atoms with van der Waals surface area (Å²) in [5.74, 6) is 1.26. The van der Waals surface area contributed by atoms with E-state index < -0.39 is 0 Å². The van der Waals surface area contributed by atoms with Crippen molar-refractivity contribution in [2.75, 3.05) is 12.8 Å². The van der Waals surface area contributed by atoms with Crippen LogP contribution in [-0.4, -0.2) is 29.6 Å². The molecule has 0 unspecified atom stereocenters. The molecule has 1 saturated carbocycles. The van der Waals surface area contributed by atoms with E-state index in [9.17, 15) is 9.59 Å². The molecule has 3 rings (SSSR count). The molecule has 1 fully saturated rings. The minimum atomic E-state index is -0.331. The Balaban J connectivity index is 1.67. The summed E-state index contributed by atoms with van der Waals surface area (Å²) < 4.78 is 5.34. The third-order valence-electron chi connectivity index (χ3n) is 5.44. The third kappa shape index (κ3) is 4.32. The van der Waals surface area contributed by atoms with Crippen molar-refractivity contribution in [3.05, 3.63) is 45.3 Å². The number of nitrogens with zero attached hydrogens (tertiary/aromatic N) is 1. The van der Waals surface area contributed by atoms with Gasteiger partial charge >= 0.3 is 5.63 Å². The summed E-state index contributed by atoms with van der Waals surface area (Å²) in [4.78, 5) is 26.3. The van der Waals surface area contributed by atoms with Crippen LogP contribution in [0.4, 0.5) is 0 Å². The first-order valence-electron chi connectivity index (χ1n) is 9.33. The lowest BCUT2D eigenvalue weighted by atomic mass is 9.94. The second kappa shape index (κ2) is 8.30. The van der Waals surface area contributed by atoms with Crippen LogP contribution in [0.3, 0.4) is 0 Å². The highest BCUT2D eigenvalue weighted by atomic mass is 32.2. The number of carbonyl (C=O) groups excluding carboxylic acids is 1. The van der Waals surface area contributed by atoms with Crippen molar-refractivity contribution in [3.8, 4) is 0 Å². The van der Waals surface area contributed by atoms with Crippen molar-refractivity contribution in [3.63, 3.8) is 0 Å². The molecule has 1 aromatic carbocycles. The van der Waals surface area contributed by atoms with E-state index in [1.807, 2.05) is 24.9 Å². The van der Waals surface area contributed by atoms with Crippen LogP contribution in [0.25, 0.3) is 11.0 Å². The molecule has 140 valence electrons. The molecule has 0 radical (unpaired) electrons. The van der Waals surface area contributed by atoms with Gasteiger partial charge in [-0.3, -0.25) is 4.79 Å². The zero-order chi connectivity index (χ0) is 18.7. The van der Waals surface area contributed by atoms with Crippen molar-refractivity contribution in [1.82, 2.24) is 4.90 Å². The Bertz CT molecular complexity index is 852. The molecule has 1 aliphatic rings.